The Bertz CT molecular complexity index is 355. The molecule has 0 aromatic carbocycles. The summed E-state index contributed by atoms with van der Waals surface area (Å²) in [5.41, 5.74) is 0.406. The van der Waals surface area contributed by atoms with Crippen LogP contribution in [0.5, 0.6) is 5.88 Å². The molecule has 2 rings (SSSR count). The lowest BCUT2D eigenvalue weighted by Crippen LogP contribution is -2.07. The zero-order valence-electron chi connectivity index (χ0n) is 8.19. The van der Waals surface area contributed by atoms with Gasteiger partial charge in [-0.05, 0) is 12.8 Å². The van der Waals surface area contributed by atoms with E-state index in [4.69, 9.17) is 4.74 Å². The molecule has 5 heteroatoms. The average Bonchev–Trinajstić information content (AvgIpc) is 2.89. The Labute approximate surface area is 81.6 Å². The summed E-state index contributed by atoms with van der Waals surface area (Å²) in [6, 6.07) is 1.60. The number of ether oxygens (including phenoxy) is 2. The summed E-state index contributed by atoms with van der Waals surface area (Å²) >= 11 is 0. The topological polar surface area (TPSA) is 53.4 Å². The summed E-state index contributed by atoms with van der Waals surface area (Å²) in [4.78, 5) is 11.2. The lowest BCUT2D eigenvalue weighted by atomic mass is 10.4. The Morgan fingerprint density at radius 2 is 2.36 bits per heavy atom. The summed E-state index contributed by atoms with van der Waals surface area (Å²) in [7, 11) is 3.03. The number of rotatable bonds is 3. The van der Waals surface area contributed by atoms with E-state index < -0.39 is 5.97 Å². The van der Waals surface area contributed by atoms with E-state index in [1.54, 1.807) is 13.1 Å². The number of aromatic nitrogens is 2. The molecular formula is C9H12N2O3. The molecule has 1 aliphatic carbocycles. The van der Waals surface area contributed by atoms with E-state index in [2.05, 4.69) is 9.84 Å². The van der Waals surface area contributed by atoms with Crippen molar-refractivity contribution in [3.63, 3.8) is 0 Å². The molecule has 0 saturated heterocycles. The molecule has 0 bridgehead atoms. The second kappa shape index (κ2) is 3.32. The molecular weight excluding hydrogens is 184 g/mol. The fourth-order valence-corrected chi connectivity index (χ4v) is 1.15. The van der Waals surface area contributed by atoms with Crippen molar-refractivity contribution >= 4 is 5.97 Å². The molecule has 0 unspecified atom stereocenters. The second-order valence-corrected chi connectivity index (χ2v) is 3.30. The van der Waals surface area contributed by atoms with E-state index >= 15 is 0 Å². The van der Waals surface area contributed by atoms with Crippen LogP contribution >= 0.6 is 0 Å². The Balaban J connectivity index is 2.15. The largest absolute Gasteiger partial charge is 0.473 e. The number of methoxy groups -OCH3 is 1. The molecule has 0 amide bonds. The van der Waals surface area contributed by atoms with Gasteiger partial charge in [0.15, 0.2) is 0 Å². The molecule has 0 aliphatic heterocycles. The summed E-state index contributed by atoms with van der Waals surface area (Å²) in [5.74, 6) is 0.0982. The maximum atomic E-state index is 11.2. The summed E-state index contributed by atoms with van der Waals surface area (Å²) in [6.45, 7) is 0. The normalized spacial score (nSPS) is 15.3. The lowest BCUT2D eigenvalue weighted by Gasteiger charge is -1.96. The van der Waals surface area contributed by atoms with Crippen molar-refractivity contribution in [2.75, 3.05) is 7.11 Å². The predicted octanol–water partition coefficient (Wildman–Crippen LogP) is 0.748. The van der Waals surface area contributed by atoms with Crippen LogP contribution in [0.1, 0.15) is 23.3 Å². The van der Waals surface area contributed by atoms with Crippen LogP contribution < -0.4 is 4.74 Å². The summed E-state index contributed by atoms with van der Waals surface area (Å²) in [6.07, 6.45) is 2.43. The van der Waals surface area contributed by atoms with Gasteiger partial charge in [-0.25, -0.2) is 4.79 Å². The minimum atomic E-state index is -0.398. The molecule has 76 valence electrons. The van der Waals surface area contributed by atoms with Crippen LogP contribution in [0.3, 0.4) is 0 Å². The highest BCUT2D eigenvalue weighted by Crippen LogP contribution is 2.26. The first kappa shape index (κ1) is 9.05. The molecule has 1 aromatic heterocycles. The van der Waals surface area contributed by atoms with Gasteiger partial charge in [0.1, 0.15) is 11.8 Å². The zero-order chi connectivity index (χ0) is 10.1. The van der Waals surface area contributed by atoms with Crippen LogP contribution in [-0.2, 0) is 11.8 Å². The number of hydrogen-bond donors (Lipinski definition) is 0. The van der Waals surface area contributed by atoms with Crippen molar-refractivity contribution in [3.05, 3.63) is 11.8 Å². The van der Waals surface area contributed by atoms with Gasteiger partial charge in [0.05, 0.1) is 7.11 Å². The van der Waals surface area contributed by atoms with Gasteiger partial charge < -0.3 is 9.47 Å². The number of esters is 1. The van der Waals surface area contributed by atoms with E-state index in [1.165, 1.54) is 11.8 Å². The third kappa shape index (κ3) is 1.71. The van der Waals surface area contributed by atoms with Crippen LogP contribution in [0.2, 0.25) is 0 Å². The van der Waals surface area contributed by atoms with Gasteiger partial charge in [-0.15, -0.1) is 5.10 Å². The number of carbonyl (C=O) groups is 1. The van der Waals surface area contributed by atoms with Crippen molar-refractivity contribution in [2.24, 2.45) is 7.05 Å². The Hall–Kier alpha value is -1.52. The molecule has 1 aliphatic rings. The van der Waals surface area contributed by atoms with Gasteiger partial charge in [0, 0.05) is 13.1 Å². The zero-order valence-corrected chi connectivity index (χ0v) is 8.19. The number of carbonyl (C=O) groups excluding carboxylic acids is 1. The average molecular weight is 196 g/mol. The van der Waals surface area contributed by atoms with Crippen molar-refractivity contribution in [1.29, 1.82) is 0 Å². The molecule has 0 N–H and O–H groups in total. The molecule has 5 nitrogen and oxygen atoms in total. The highest BCUT2D eigenvalue weighted by atomic mass is 16.5. The first-order valence-corrected chi connectivity index (χ1v) is 4.49. The van der Waals surface area contributed by atoms with E-state index in [-0.39, 0.29) is 6.10 Å². The Morgan fingerprint density at radius 3 is 2.93 bits per heavy atom. The molecule has 0 atom stereocenters. The quantitative estimate of drug-likeness (QED) is 0.669. The number of hydrogen-bond acceptors (Lipinski definition) is 4. The van der Waals surface area contributed by atoms with Crippen LogP contribution in [0, 0.1) is 0 Å². The van der Waals surface area contributed by atoms with E-state index in [0.717, 1.165) is 12.8 Å². The molecule has 1 heterocycles. The third-order valence-corrected chi connectivity index (χ3v) is 2.06. The van der Waals surface area contributed by atoms with Gasteiger partial charge in [0.2, 0.25) is 5.88 Å². The maximum absolute atomic E-state index is 11.2. The maximum Gasteiger partial charge on any atom is 0.356 e. The minimum absolute atomic E-state index is 0.287. The Kier molecular flexibility index (Phi) is 2.15. The van der Waals surface area contributed by atoms with Crippen molar-refractivity contribution in [1.82, 2.24) is 9.78 Å². The van der Waals surface area contributed by atoms with Crippen LogP contribution in [0.25, 0.3) is 0 Å². The number of aryl methyl sites for hydroxylation is 1. The molecule has 0 spiro atoms. The van der Waals surface area contributed by atoms with Gasteiger partial charge in [-0.2, -0.15) is 0 Å². The monoisotopic (exact) mass is 196 g/mol. The minimum Gasteiger partial charge on any atom is -0.473 e. The van der Waals surface area contributed by atoms with Crippen LogP contribution in [0.4, 0.5) is 0 Å². The van der Waals surface area contributed by atoms with Crippen molar-refractivity contribution < 1.29 is 14.3 Å². The predicted molar refractivity (Wildman–Crippen MR) is 48.2 cm³/mol. The lowest BCUT2D eigenvalue weighted by molar-refractivity contribution is 0.0588. The van der Waals surface area contributed by atoms with E-state index in [1.807, 2.05) is 0 Å². The fraction of sp³-hybridized carbons (Fsp3) is 0.556. The van der Waals surface area contributed by atoms with Gasteiger partial charge >= 0.3 is 5.97 Å². The van der Waals surface area contributed by atoms with Gasteiger partial charge in [0.25, 0.3) is 0 Å². The van der Waals surface area contributed by atoms with Crippen molar-refractivity contribution in [3.8, 4) is 5.88 Å². The molecule has 1 aromatic rings. The van der Waals surface area contributed by atoms with Crippen LogP contribution in [0.15, 0.2) is 6.07 Å². The SMILES string of the molecule is COC(=O)c1cc(OC2CC2)nn1C. The smallest absolute Gasteiger partial charge is 0.356 e. The highest BCUT2D eigenvalue weighted by molar-refractivity contribution is 5.87. The van der Waals surface area contributed by atoms with Gasteiger partial charge in [-0.3, -0.25) is 4.68 Å². The van der Waals surface area contributed by atoms with E-state index in [0.29, 0.717) is 11.6 Å². The highest BCUT2D eigenvalue weighted by Gasteiger charge is 2.25. The molecule has 14 heavy (non-hydrogen) atoms. The first-order chi connectivity index (χ1) is 6.70. The standard InChI is InChI=1S/C9H12N2O3/c1-11-7(9(12)13-2)5-8(10-11)14-6-3-4-6/h5-6H,3-4H2,1-2H3. The summed E-state index contributed by atoms with van der Waals surface area (Å²) in [5, 5.41) is 4.05. The fourth-order valence-electron chi connectivity index (χ4n) is 1.15. The summed E-state index contributed by atoms with van der Waals surface area (Å²) < 4.78 is 11.5. The Morgan fingerprint density at radius 1 is 1.64 bits per heavy atom. The second-order valence-electron chi connectivity index (χ2n) is 3.30. The van der Waals surface area contributed by atoms with E-state index in [9.17, 15) is 4.79 Å². The first-order valence-electron chi connectivity index (χ1n) is 4.49. The third-order valence-electron chi connectivity index (χ3n) is 2.06. The number of nitrogens with zero attached hydrogens (tertiary/aromatic N) is 2. The molecule has 0 radical (unpaired) electrons. The van der Waals surface area contributed by atoms with Gasteiger partial charge in [-0.1, -0.05) is 0 Å². The molecule has 1 fully saturated rings. The van der Waals surface area contributed by atoms with Crippen molar-refractivity contribution in [2.45, 2.75) is 18.9 Å². The van der Waals surface area contributed by atoms with Crippen LogP contribution in [-0.4, -0.2) is 29.0 Å². The molecule has 1 saturated carbocycles.